The van der Waals surface area contributed by atoms with Crippen molar-refractivity contribution in [3.63, 3.8) is 0 Å². The first-order valence-corrected chi connectivity index (χ1v) is 8.96. The van der Waals surface area contributed by atoms with Crippen molar-refractivity contribution in [2.75, 3.05) is 14.2 Å². The minimum Gasteiger partial charge on any atom is -0.495 e. The van der Waals surface area contributed by atoms with Crippen LogP contribution in [0.25, 0.3) is 0 Å². The predicted molar refractivity (Wildman–Crippen MR) is 91.1 cm³/mol. The van der Waals surface area contributed by atoms with E-state index < -0.39 is 54.7 Å². The molecule has 9 nitrogen and oxygen atoms in total. The number of nitro benzene ring substituents is 1. The third-order valence-electron chi connectivity index (χ3n) is 3.63. The lowest BCUT2D eigenvalue weighted by Gasteiger charge is -2.18. The fourth-order valence-electron chi connectivity index (χ4n) is 2.30. The third kappa shape index (κ3) is 4.40. The lowest BCUT2D eigenvalue weighted by atomic mass is 10.1. The lowest BCUT2D eigenvalue weighted by molar-refractivity contribution is -0.385. The number of halogens is 2. The summed E-state index contributed by atoms with van der Waals surface area (Å²) in [6.07, 6.45) is 0. The van der Waals surface area contributed by atoms with Gasteiger partial charge in [-0.3, -0.25) is 10.1 Å². The second kappa shape index (κ2) is 8.27. The Morgan fingerprint density at radius 3 is 2.43 bits per heavy atom. The standard InChI is InChI=1S/C16H14F2N2O7S/c1-26-13-6-4-10(20(22)23)8-14(13)28(24,25)19-15(16(21)27-2)11-7-9(17)3-5-12(11)18/h3-8,15,19H,1-2H3. The second-order valence-electron chi connectivity index (χ2n) is 5.34. The van der Waals surface area contributed by atoms with Gasteiger partial charge >= 0.3 is 5.97 Å². The van der Waals surface area contributed by atoms with Crippen LogP contribution >= 0.6 is 0 Å². The number of hydrogen-bond acceptors (Lipinski definition) is 7. The molecule has 0 amide bonds. The van der Waals surface area contributed by atoms with Gasteiger partial charge in [0, 0.05) is 17.7 Å². The van der Waals surface area contributed by atoms with Gasteiger partial charge in [-0.2, -0.15) is 4.72 Å². The highest BCUT2D eigenvalue weighted by atomic mass is 32.2. The first-order valence-electron chi connectivity index (χ1n) is 7.48. The number of nitro groups is 1. The summed E-state index contributed by atoms with van der Waals surface area (Å²) < 4.78 is 64.3. The van der Waals surface area contributed by atoms with Crippen molar-refractivity contribution in [2.45, 2.75) is 10.9 Å². The zero-order valence-corrected chi connectivity index (χ0v) is 15.3. The quantitative estimate of drug-likeness (QED) is 0.416. The molecule has 1 unspecified atom stereocenters. The van der Waals surface area contributed by atoms with Crippen LogP contribution in [0.5, 0.6) is 5.75 Å². The average molecular weight is 416 g/mol. The first kappa shape index (κ1) is 21.2. The zero-order chi connectivity index (χ0) is 21.1. The Morgan fingerprint density at radius 1 is 1.18 bits per heavy atom. The van der Waals surface area contributed by atoms with Crippen LogP contribution in [-0.2, 0) is 19.6 Å². The largest absolute Gasteiger partial charge is 0.495 e. The molecule has 28 heavy (non-hydrogen) atoms. The maximum Gasteiger partial charge on any atom is 0.328 e. The number of rotatable bonds is 7. The molecule has 0 spiro atoms. The highest BCUT2D eigenvalue weighted by molar-refractivity contribution is 7.89. The van der Waals surface area contributed by atoms with Gasteiger partial charge in [0.15, 0.2) is 0 Å². The topological polar surface area (TPSA) is 125 Å². The van der Waals surface area contributed by atoms with Crippen LogP contribution in [0.2, 0.25) is 0 Å². The van der Waals surface area contributed by atoms with Crippen molar-refractivity contribution in [2.24, 2.45) is 0 Å². The third-order valence-corrected chi connectivity index (χ3v) is 5.07. The Balaban J connectivity index is 2.58. The fraction of sp³-hybridized carbons (Fsp3) is 0.188. The Labute approximate surface area is 158 Å². The fourth-order valence-corrected chi connectivity index (χ4v) is 3.65. The molecule has 0 saturated carbocycles. The van der Waals surface area contributed by atoms with Crippen molar-refractivity contribution < 1.29 is 36.4 Å². The van der Waals surface area contributed by atoms with Gasteiger partial charge in [0.25, 0.3) is 5.69 Å². The molecule has 0 aliphatic rings. The number of benzene rings is 2. The number of ether oxygens (including phenoxy) is 2. The van der Waals surface area contributed by atoms with E-state index in [0.29, 0.717) is 18.2 Å². The smallest absolute Gasteiger partial charge is 0.328 e. The minimum absolute atomic E-state index is 0.263. The molecule has 2 rings (SSSR count). The van der Waals surface area contributed by atoms with E-state index in [0.717, 1.165) is 32.4 Å². The normalized spacial score (nSPS) is 12.3. The van der Waals surface area contributed by atoms with Crippen LogP contribution in [0.3, 0.4) is 0 Å². The number of nitrogens with zero attached hydrogens (tertiary/aromatic N) is 1. The summed E-state index contributed by atoms with van der Waals surface area (Å²) in [5, 5.41) is 10.9. The molecule has 12 heteroatoms. The van der Waals surface area contributed by atoms with Gasteiger partial charge in [-0.15, -0.1) is 0 Å². The molecule has 2 aromatic carbocycles. The summed E-state index contributed by atoms with van der Waals surface area (Å²) in [6, 6.07) is 2.94. The zero-order valence-electron chi connectivity index (χ0n) is 14.5. The summed E-state index contributed by atoms with van der Waals surface area (Å²) in [4.78, 5) is 21.5. The molecule has 2 aromatic rings. The molecular formula is C16H14F2N2O7S. The van der Waals surface area contributed by atoms with Gasteiger partial charge in [0.2, 0.25) is 10.0 Å². The lowest BCUT2D eigenvalue weighted by Crippen LogP contribution is -2.35. The van der Waals surface area contributed by atoms with Crippen LogP contribution in [-0.4, -0.2) is 33.5 Å². The van der Waals surface area contributed by atoms with Gasteiger partial charge in [0.05, 0.1) is 19.1 Å². The van der Waals surface area contributed by atoms with Gasteiger partial charge in [-0.25, -0.2) is 22.0 Å². The van der Waals surface area contributed by atoms with E-state index in [-0.39, 0.29) is 5.75 Å². The van der Waals surface area contributed by atoms with Crippen LogP contribution in [0.15, 0.2) is 41.3 Å². The molecule has 0 saturated heterocycles. The van der Waals surface area contributed by atoms with E-state index in [1.54, 1.807) is 0 Å². The van der Waals surface area contributed by atoms with Gasteiger partial charge in [0.1, 0.15) is 28.3 Å². The average Bonchev–Trinajstić information content (AvgIpc) is 2.66. The van der Waals surface area contributed by atoms with Crippen molar-refractivity contribution in [1.29, 1.82) is 0 Å². The van der Waals surface area contributed by atoms with Crippen LogP contribution in [0.4, 0.5) is 14.5 Å². The molecule has 1 atom stereocenters. The Morgan fingerprint density at radius 2 is 1.86 bits per heavy atom. The number of hydrogen-bond donors (Lipinski definition) is 1. The minimum atomic E-state index is -4.66. The van der Waals surface area contributed by atoms with Crippen LogP contribution < -0.4 is 9.46 Å². The maximum absolute atomic E-state index is 14.1. The summed E-state index contributed by atoms with van der Waals surface area (Å²) in [7, 11) is -2.61. The van der Waals surface area contributed by atoms with E-state index in [9.17, 15) is 32.1 Å². The van der Waals surface area contributed by atoms with E-state index in [4.69, 9.17) is 4.74 Å². The van der Waals surface area contributed by atoms with E-state index >= 15 is 0 Å². The Kier molecular flexibility index (Phi) is 6.26. The molecule has 0 aromatic heterocycles. The van der Waals surface area contributed by atoms with Gasteiger partial charge in [-0.05, 0) is 24.3 Å². The summed E-state index contributed by atoms with van der Waals surface area (Å²) >= 11 is 0. The number of esters is 1. The summed E-state index contributed by atoms with van der Waals surface area (Å²) in [6.45, 7) is 0. The molecule has 0 bridgehead atoms. The molecule has 150 valence electrons. The monoisotopic (exact) mass is 416 g/mol. The van der Waals surface area contributed by atoms with Crippen molar-refractivity contribution in [1.82, 2.24) is 4.72 Å². The van der Waals surface area contributed by atoms with E-state index in [1.807, 2.05) is 4.72 Å². The first-order chi connectivity index (χ1) is 13.1. The second-order valence-corrected chi connectivity index (χ2v) is 7.02. The maximum atomic E-state index is 14.1. The number of carbonyl (C=O) groups excluding carboxylic acids is 1. The molecule has 0 fully saturated rings. The number of non-ortho nitro benzene ring substituents is 1. The predicted octanol–water partition coefficient (Wildman–Crippen LogP) is 2.07. The molecule has 0 radical (unpaired) electrons. The SMILES string of the molecule is COC(=O)C(NS(=O)(=O)c1cc([N+](=O)[O-])ccc1OC)c1cc(F)ccc1F. The summed E-state index contributed by atoms with van der Waals surface area (Å²) in [5.41, 5.74) is -1.19. The highest BCUT2D eigenvalue weighted by Gasteiger charge is 2.33. The van der Waals surface area contributed by atoms with E-state index in [1.165, 1.54) is 0 Å². The van der Waals surface area contributed by atoms with Crippen molar-refractivity contribution in [3.8, 4) is 5.75 Å². The molecular weight excluding hydrogens is 402 g/mol. The Hall–Kier alpha value is -3.12. The number of sulfonamides is 1. The molecule has 1 N–H and O–H groups in total. The van der Waals surface area contributed by atoms with E-state index in [2.05, 4.69) is 4.74 Å². The molecule has 0 aliphatic carbocycles. The Bertz CT molecular complexity index is 1030. The van der Waals surface area contributed by atoms with Crippen molar-refractivity contribution in [3.05, 3.63) is 63.7 Å². The number of carbonyl (C=O) groups is 1. The number of nitrogens with one attached hydrogen (secondary N) is 1. The molecule has 0 heterocycles. The highest BCUT2D eigenvalue weighted by Crippen LogP contribution is 2.30. The van der Waals surface area contributed by atoms with Crippen LogP contribution in [0, 0.1) is 21.7 Å². The molecule has 0 aliphatic heterocycles. The van der Waals surface area contributed by atoms with Crippen molar-refractivity contribution >= 4 is 21.7 Å². The number of methoxy groups -OCH3 is 2. The summed E-state index contributed by atoms with van der Waals surface area (Å²) in [5.74, 6) is -3.47. The van der Waals surface area contributed by atoms with Gasteiger partial charge < -0.3 is 9.47 Å². The van der Waals surface area contributed by atoms with Crippen LogP contribution in [0.1, 0.15) is 11.6 Å². The van der Waals surface area contributed by atoms with Gasteiger partial charge in [-0.1, -0.05) is 0 Å².